The van der Waals surface area contributed by atoms with Crippen LogP contribution < -0.4 is 10.2 Å². The molecule has 0 unspecified atom stereocenters. The minimum Gasteiger partial charge on any atom is -0.355 e. The van der Waals surface area contributed by atoms with E-state index in [1.807, 2.05) is 18.2 Å². The number of amides is 1. The lowest BCUT2D eigenvalue weighted by Gasteiger charge is -2.33. The lowest BCUT2D eigenvalue weighted by atomic mass is 10.0. The highest BCUT2D eigenvalue weighted by molar-refractivity contribution is 5.83. The van der Waals surface area contributed by atoms with E-state index in [1.165, 1.54) is 5.56 Å². The van der Waals surface area contributed by atoms with Crippen LogP contribution in [0.2, 0.25) is 0 Å². The van der Waals surface area contributed by atoms with Crippen LogP contribution in [0.25, 0.3) is 0 Å². The number of hydrogen-bond acceptors (Lipinski definition) is 4. The lowest BCUT2D eigenvalue weighted by Crippen LogP contribution is -2.45. The molecule has 2 atom stereocenters. The van der Waals surface area contributed by atoms with Crippen molar-refractivity contribution in [2.75, 3.05) is 18.0 Å². The maximum atomic E-state index is 12.5. The van der Waals surface area contributed by atoms with Gasteiger partial charge in [-0.2, -0.15) is 5.26 Å². The maximum absolute atomic E-state index is 12.5. The molecule has 1 amide bonds. The van der Waals surface area contributed by atoms with E-state index in [2.05, 4.69) is 33.4 Å². The molecule has 5 nitrogen and oxygen atoms in total. The Labute approximate surface area is 153 Å². The van der Waals surface area contributed by atoms with Crippen LogP contribution in [0.15, 0.2) is 48.7 Å². The van der Waals surface area contributed by atoms with Crippen LogP contribution >= 0.6 is 0 Å². The summed E-state index contributed by atoms with van der Waals surface area (Å²) in [6.45, 7) is 1.62. The number of aromatic nitrogens is 1. The highest BCUT2D eigenvalue weighted by Crippen LogP contribution is 2.47. The fourth-order valence-corrected chi connectivity index (χ4v) is 3.83. The number of anilines is 1. The van der Waals surface area contributed by atoms with E-state index in [9.17, 15) is 10.1 Å². The SMILES string of the molecule is N#Cc1cccnc1N1CCC(NC(=O)[C@@H]2C[C@H]2c2ccccc2)CC1. The zero-order chi connectivity index (χ0) is 17.9. The Morgan fingerprint density at radius 3 is 2.65 bits per heavy atom. The van der Waals surface area contributed by atoms with Crippen molar-refractivity contribution in [2.24, 2.45) is 5.92 Å². The topological polar surface area (TPSA) is 69.0 Å². The van der Waals surface area contributed by atoms with Gasteiger partial charge < -0.3 is 10.2 Å². The number of piperidine rings is 1. The summed E-state index contributed by atoms with van der Waals surface area (Å²) in [6, 6.07) is 16.3. The third-order valence-electron chi connectivity index (χ3n) is 5.40. The molecule has 132 valence electrons. The van der Waals surface area contributed by atoms with Crippen molar-refractivity contribution in [1.29, 1.82) is 5.26 Å². The lowest BCUT2D eigenvalue weighted by molar-refractivity contribution is -0.123. The van der Waals surface area contributed by atoms with Crippen molar-refractivity contribution < 1.29 is 4.79 Å². The third kappa shape index (κ3) is 3.41. The third-order valence-corrected chi connectivity index (χ3v) is 5.40. The number of pyridine rings is 1. The Morgan fingerprint density at radius 1 is 1.15 bits per heavy atom. The number of hydrogen-bond donors (Lipinski definition) is 1. The highest BCUT2D eigenvalue weighted by atomic mass is 16.2. The molecule has 0 bridgehead atoms. The van der Waals surface area contributed by atoms with Crippen LogP contribution in [0.3, 0.4) is 0 Å². The van der Waals surface area contributed by atoms with Crippen molar-refractivity contribution in [2.45, 2.75) is 31.2 Å². The molecule has 2 aliphatic rings. The Balaban J connectivity index is 1.29. The first kappa shape index (κ1) is 16.6. The fourth-order valence-electron chi connectivity index (χ4n) is 3.83. The summed E-state index contributed by atoms with van der Waals surface area (Å²) in [4.78, 5) is 19.0. The first-order chi connectivity index (χ1) is 12.8. The van der Waals surface area contributed by atoms with E-state index in [1.54, 1.807) is 18.3 Å². The van der Waals surface area contributed by atoms with Gasteiger partial charge in [0.2, 0.25) is 5.91 Å². The van der Waals surface area contributed by atoms with Crippen molar-refractivity contribution >= 4 is 11.7 Å². The molecular weight excluding hydrogens is 324 g/mol. The Hall–Kier alpha value is -2.87. The predicted molar refractivity (Wildman–Crippen MR) is 99.6 cm³/mol. The summed E-state index contributed by atoms with van der Waals surface area (Å²) in [5.74, 6) is 1.44. The number of carbonyl (C=O) groups excluding carboxylic acids is 1. The molecule has 1 aliphatic carbocycles. The van der Waals surface area contributed by atoms with Crippen molar-refractivity contribution in [3.05, 3.63) is 59.8 Å². The van der Waals surface area contributed by atoms with Gasteiger partial charge in [0.05, 0.1) is 5.56 Å². The monoisotopic (exact) mass is 346 g/mol. The number of carbonyl (C=O) groups is 1. The number of nitrogens with zero attached hydrogens (tertiary/aromatic N) is 3. The minimum atomic E-state index is 0.122. The van der Waals surface area contributed by atoms with Gasteiger partial charge in [0.15, 0.2) is 0 Å². The van der Waals surface area contributed by atoms with Crippen LogP contribution in [-0.2, 0) is 4.79 Å². The highest BCUT2D eigenvalue weighted by Gasteiger charge is 2.44. The second-order valence-corrected chi connectivity index (χ2v) is 7.12. The van der Waals surface area contributed by atoms with E-state index >= 15 is 0 Å². The Kier molecular flexibility index (Phi) is 4.57. The smallest absolute Gasteiger partial charge is 0.223 e. The number of nitriles is 1. The predicted octanol–water partition coefficient (Wildman–Crippen LogP) is 2.84. The molecule has 0 spiro atoms. The molecule has 2 aromatic rings. The van der Waals surface area contributed by atoms with E-state index in [0.717, 1.165) is 38.2 Å². The normalized spacial score (nSPS) is 22.5. The van der Waals surface area contributed by atoms with E-state index in [0.29, 0.717) is 11.5 Å². The van der Waals surface area contributed by atoms with Crippen LogP contribution in [0.1, 0.15) is 36.3 Å². The second-order valence-electron chi connectivity index (χ2n) is 7.12. The average Bonchev–Trinajstić information content (AvgIpc) is 3.50. The number of nitrogens with one attached hydrogen (secondary N) is 1. The van der Waals surface area contributed by atoms with Crippen LogP contribution in [-0.4, -0.2) is 30.0 Å². The molecular formula is C21H22N4O. The van der Waals surface area contributed by atoms with Crippen LogP contribution in [0.4, 0.5) is 5.82 Å². The maximum Gasteiger partial charge on any atom is 0.223 e. The molecule has 1 saturated heterocycles. The summed E-state index contributed by atoms with van der Waals surface area (Å²) in [7, 11) is 0. The molecule has 2 heterocycles. The Morgan fingerprint density at radius 2 is 1.92 bits per heavy atom. The molecule has 1 aromatic heterocycles. The van der Waals surface area contributed by atoms with Gasteiger partial charge in [0.1, 0.15) is 11.9 Å². The van der Waals surface area contributed by atoms with Gasteiger partial charge >= 0.3 is 0 Å². The van der Waals surface area contributed by atoms with Gasteiger partial charge in [-0.15, -0.1) is 0 Å². The molecule has 1 aromatic carbocycles. The van der Waals surface area contributed by atoms with Gasteiger partial charge in [-0.3, -0.25) is 4.79 Å². The quantitative estimate of drug-likeness (QED) is 0.924. The zero-order valence-electron chi connectivity index (χ0n) is 14.6. The van der Waals surface area contributed by atoms with E-state index in [4.69, 9.17) is 0 Å². The molecule has 0 radical (unpaired) electrons. The van der Waals surface area contributed by atoms with E-state index < -0.39 is 0 Å². The van der Waals surface area contributed by atoms with Gasteiger partial charge in [-0.1, -0.05) is 30.3 Å². The van der Waals surface area contributed by atoms with Crippen molar-refractivity contribution in [3.63, 3.8) is 0 Å². The van der Waals surface area contributed by atoms with Gasteiger partial charge in [-0.25, -0.2) is 4.98 Å². The first-order valence-corrected chi connectivity index (χ1v) is 9.21. The van der Waals surface area contributed by atoms with E-state index in [-0.39, 0.29) is 17.9 Å². The molecule has 26 heavy (non-hydrogen) atoms. The molecule has 4 rings (SSSR count). The van der Waals surface area contributed by atoms with Gasteiger partial charge in [0, 0.05) is 31.2 Å². The van der Waals surface area contributed by atoms with Crippen LogP contribution in [0, 0.1) is 17.2 Å². The molecule has 1 N–H and O–H groups in total. The van der Waals surface area contributed by atoms with Crippen molar-refractivity contribution in [3.8, 4) is 6.07 Å². The van der Waals surface area contributed by atoms with Crippen LogP contribution in [0.5, 0.6) is 0 Å². The summed E-state index contributed by atoms with van der Waals surface area (Å²) in [5, 5.41) is 12.5. The molecule has 1 saturated carbocycles. The fraction of sp³-hybridized carbons (Fsp3) is 0.381. The van der Waals surface area contributed by atoms with Gasteiger partial charge in [-0.05, 0) is 42.9 Å². The molecule has 2 fully saturated rings. The molecule has 1 aliphatic heterocycles. The van der Waals surface area contributed by atoms with Gasteiger partial charge in [0.25, 0.3) is 0 Å². The number of benzene rings is 1. The first-order valence-electron chi connectivity index (χ1n) is 9.21. The molecule has 5 heteroatoms. The second kappa shape index (κ2) is 7.17. The minimum absolute atomic E-state index is 0.122. The summed E-state index contributed by atoms with van der Waals surface area (Å²) < 4.78 is 0. The largest absolute Gasteiger partial charge is 0.355 e. The Bertz CT molecular complexity index is 821. The zero-order valence-corrected chi connectivity index (χ0v) is 14.6. The number of rotatable bonds is 4. The summed E-state index contributed by atoms with van der Waals surface area (Å²) >= 11 is 0. The average molecular weight is 346 g/mol. The van der Waals surface area contributed by atoms with Crippen molar-refractivity contribution in [1.82, 2.24) is 10.3 Å². The summed E-state index contributed by atoms with van der Waals surface area (Å²) in [5.41, 5.74) is 1.88. The standard InChI is InChI=1S/C21H22N4O/c22-14-16-7-4-10-23-20(16)25-11-8-17(9-12-25)24-21(26)19-13-18(19)15-5-2-1-3-6-15/h1-7,10,17-19H,8-9,11-13H2,(H,24,26)/t18-,19+/m0/s1. The summed E-state index contributed by atoms with van der Waals surface area (Å²) in [6.07, 6.45) is 4.45.